The van der Waals surface area contributed by atoms with E-state index >= 15 is 0 Å². The van der Waals surface area contributed by atoms with Gasteiger partial charge in [-0.3, -0.25) is 4.68 Å². The van der Waals surface area contributed by atoms with Crippen molar-refractivity contribution >= 4 is 22.8 Å². The minimum Gasteiger partial charge on any atom is -0.376 e. The van der Waals surface area contributed by atoms with Crippen LogP contribution < -0.4 is 0 Å². The Hall–Kier alpha value is -1.07. The second kappa shape index (κ2) is 5.37. The summed E-state index contributed by atoms with van der Waals surface area (Å²) < 4.78 is 9.87. The molecule has 0 aliphatic carbocycles. The number of aryl methyl sites for hydroxylation is 2. The average Bonchev–Trinajstić information content (AvgIpc) is 3.08. The summed E-state index contributed by atoms with van der Waals surface area (Å²) in [4.78, 5) is 4.74. The summed E-state index contributed by atoms with van der Waals surface area (Å²) in [7, 11) is 1.97. The first-order valence-electron chi connectivity index (χ1n) is 7.29. The Morgan fingerprint density at radius 1 is 1.50 bits per heavy atom. The highest BCUT2D eigenvalue weighted by Crippen LogP contribution is 2.28. The molecule has 110 valence electrons. The molecule has 20 heavy (non-hydrogen) atoms. The molecule has 0 bridgehead atoms. The van der Waals surface area contributed by atoms with Crippen molar-refractivity contribution < 1.29 is 4.74 Å². The second-order valence-electron chi connectivity index (χ2n) is 5.43. The van der Waals surface area contributed by atoms with Crippen molar-refractivity contribution in [2.45, 2.75) is 51.1 Å². The van der Waals surface area contributed by atoms with Crippen molar-refractivity contribution in [3.63, 3.8) is 0 Å². The van der Waals surface area contributed by atoms with Crippen molar-refractivity contribution in [1.82, 2.24) is 19.3 Å². The molecule has 0 amide bonds. The van der Waals surface area contributed by atoms with Crippen LogP contribution in [0.15, 0.2) is 0 Å². The average molecular weight is 297 g/mol. The van der Waals surface area contributed by atoms with Gasteiger partial charge in [0.15, 0.2) is 5.65 Å². The van der Waals surface area contributed by atoms with Crippen molar-refractivity contribution in [2.24, 2.45) is 7.05 Å². The van der Waals surface area contributed by atoms with Gasteiger partial charge < -0.3 is 9.30 Å². The van der Waals surface area contributed by atoms with Crippen molar-refractivity contribution in [3.05, 3.63) is 11.5 Å². The lowest BCUT2D eigenvalue weighted by atomic mass is 10.2. The first-order chi connectivity index (χ1) is 9.61. The molecule has 3 rings (SSSR count). The maximum Gasteiger partial charge on any atom is 0.158 e. The van der Waals surface area contributed by atoms with E-state index in [-0.39, 0.29) is 11.5 Å². The molecule has 0 N–H and O–H groups in total. The van der Waals surface area contributed by atoms with Crippen molar-refractivity contribution in [2.75, 3.05) is 6.61 Å². The maximum atomic E-state index is 6.32. The highest BCUT2D eigenvalue weighted by atomic mass is 35.5. The molecule has 1 saturated heterocycles. The maximum absolute atomic E-state index is 6.32. The standard InChI is InChI=1S/C14H21ClN4O/c1-4-11-12-14(18(3)17-11)19(13(16-12)9(2)15)8-10-6-5-7-20-10/h9-10H,4-8H2,1-3H3. The second-order valence-corrected chi connectivity index (χ2v) is 6.08. The van der Waals surface area contributed by atoms with Gasteiger partial charge in [-0.2, -0.15) is 5.10 Å². The van der Waals surface area contributed by atoms with E-state index < -0.39 is 0 Å². The first kappa shape index (κ1) is 13.9. The van der Waals surface area contributed by atoms with Crippen LogP contribution in [0.2, 0.25) is 0 Å². The van der Waals surface area contributed by atoms with Crippen LogP contribution in [-0.4, -0.2) is 32.0 Å². The normalized spacial score (nSPS) is 20.9. The molecule has 5 nitrogen and oxygen atoms in total. The third-order valence-electron chi connectivity index (χ3n) is 3.92. The number of nitrogens with zero attached hydrogens (tertiary/aromatic N) is 4. The monoisotopic (exact) mass is 296 g/mol. The number of hydrogen-bond acceptors (Lipinski definition) is 3. The molecule has 0 radical (unpaired) electrons. The van der Waals surface area contributed by atoms with E-state index in [9.17, 15) is 0 Å². The molecule has 0 spiro atoms. The minimum atomic E-state index is -0.117. The van der Waals surface area contributed by atoms with Gasteiger partial charge in [0, 0.05) is 13.7 Å². The third-order valence-corrected chi connectivity index (χ3v) is 4.12. The van der Waals surface area contributed by atoms with Gasteiger partial charge in [-0.25, -0.2) is 4.98 Å². The van der Waals surface area contributed by atoms with Gasteiger partial charge in [-0.05, 0) is 26.2 Å². The van der Waals surface area contributed by atoms with Crippen LogP contribution in [0.1, 0.15) is 43.6 Å². The Morgan fingerprint density at radius 3 is 2.90 bits per heavy atom. The first-order valence-corrected chi connectivity index (χ1v) is 7.73. The van der Waals surface area contributed by atoms with E-state index in [0.29, 0.717) is 0 Å². The molecule has 0 saturated carbocycles. The molecule has 1 aliphatic rings. The smallest absolute Gasteiger partial charge is 0.158 e. The molecule has 2 aromatic rings. The minimum absolute atomic E-state index is 0.117. The third kappa shape index (κ3) is 2.23. The summed E-state index contributed by atoms with van der Waals surface area (Å²) in [6, 6.07) is 0. The zero-order valence-electron chi connectivity index (χ0n) is 12.3. The van der Waals surface area contributed by atoms with Crippen LogP contribution >= 0.6 is 11.6 Å². The fourth-order valence-electron chi connectivity index (χ4n) is 2.97. The van der Waals surface area contributed by atoms with Gasteiger partial charge >= 0.3 is 0 Å². The van der Waals surface area contributed by atoms with Crippen LogP contribution in [0.25, 0.3) is 11.2 Å². The van der Waals surface area contributed by atoms with Crippen LogP contribution in [0.4, 0.5) is 0 Å². The SMILES string of the molecule is CCc1nn(C)c2c1nc(C(C)Cl)n2CC1CCCO1. The summed E-state index contributed by atoms with van der Waals surface area (Å²) in [6.07, 6.45) is 3.39. The van der Waals surface area contributed by atoms with Crippen LogP contribution in [-0.2, 0) is 24.8 Å². The predicted molar refractivity (Wildman–Crippen MR) is 79.1 cm³/mol. The molecular weight excluding hydrogens is 276 g/mol. The fraction of sp³-hybridized carbons (Fsp3) is 0.714. The number of alkyl halides is 1. The summed E-state index contributed by atoms with van der Waals surface area (Å²) in [5.74, 6) is 0.917. The number of fused-ring (bicyclic) bond motifs is 1. The quantitative estimate of drug-likeness (QED) is 0.815. The van der Waals surface area contributed by atoms with Gasteiger partial charge in [-0.1, -0.05) is 6.92 Å². The molecular formula is C14H21ClN4O. The molecule has 2 atom stereocenters. The lowest BCUT2D eigenvalue weighted by Crippen LogP contribution is -2.18. The highest BCUT2D eigenvalue weighted by molar-refractivity contribution is 6.20. The number of hydrogen-bond donors (Lipinski definition) is 0. The lowest BCUT2D eigenvalue weighted by molar-refractivity contribution is 0.0969. The van der Waals surface area contributed by atoms with E-state index in [1.165, 1.54) is 0 Å². The van der Waals surface area contributed by atoms with Gasteiger partial charge in [0.05, 0.1) is 23.7 Å². The Morgan fingerprint density at radius 2 is 2.30 bits per heavy atom. The zero-order valence-corrected chi connectivity index (χ0v) is 13.0. The van der Waals surface area contributed by atoms with Crippen molar-refractivity contribution in [3.8, 4) is 0 Å². The van der Waals surface area contributed by atoms with Crippen LogP contribution in [0, 0.1) is 0 Å². The van der Waals surface area contributed by atoms with Gasteiger partial charge in [-0.15, -0.1) is 11.6 Å². The highest BCUT2D eigenvalue weighted by Gasteiger charge is 2.24. The van der Waals surface area contributed by atoms with Gasteiger partial charge in [0.25, 0.3) is 0 Å². The van der Waals surface area contributed by atoms with E-state index in [1.807, 2.05) is 18.7 Å². The summed E-state index contributed by atoms with van der Waals surface area (Å²) in [5.41, 5.74) is 3.07. The molecule has 0 aromatic carbocycles. The van der Waals surface area contributed by atoms with Gasteiger partial charge in [0.2, 0.25) is 0 Å². The molecule has 1 fully saturated rings. The fourth-order valence-corrected chi connectivity index (χ4v) is 3.14. The Kier molecular flexibility index (Phi) is 3.73. The number of halogens is 1. The molecule has 3 heterocycles. The van der Waals surface area contributed by atoms with E-state index in [0.717, 1.165) is 55.1 Å². The number of aromatic nitrogens is 4. The van der Waals surface area contributed by atoms with E-state index in [4.69, 9.17) is 21.3 Å². The topological polar surface area (TPSA) is 44.9 Å². The Bertz CT molecular complexity index is 610. The number of imidazole rings is 1. The van der Waals surface area contributed by atoms with Crippen LogP contribution in [0.5, 0.6) is 0 Å². The number of ether oxygens (including phenoxy) is 1. The predicted octanol–water partition coefficient (Wildman–Crippen LogP) is 2.81. The molecule has 2 unspecified atom stereocenters. The molecule has 1 aliphatic heterocycles. The van der Waals surface area contributed by atoms with Gasteiger partial charge in [0.1, 0.15) is 11.3 Å². The largest absolute Gasteiger partial charge is 0.376 e. The molecule has 6 heteroatoms. The molecule has 2 aromatic heterocycles. The van der Waals surface area contributed by atoms with Crippen LogP contribution in [0.3, 0.4) is 0 Å². The summed E-state index contributed by atoms with van der Waals surface area (Å²) in [5, 5.41) is 4.44. The summed E-state index contributed by atoms with van der Waals surface area (Å²) >= 11 is 6.32. The Balaban J connectivity index is 2.10. The zero-order chi connectivity index (χ0) is 14.3. The van der Waals surface area contributed by atoms with E-state index in [2.05, 4.69) is 16.6 Å². The lowest BCUT2D eigenvalue weighted by Gasteiger charge is -2.15. The Labute approximate surface area is 123 Å². The number of rotatable bonds is 4. The van der Waals surface area contributed by atoms with Crippen molar-refractivity contribution in [1.29, 1.82) is 0 Å². The van der Waals surface area contributed by atoms with E-state index in [1.54, 1.807) is 0 Å². The summed E-state index contributed by atoms with van der Waals surface area (Å²) in [6.45, 7) is 5.74.